The highest BCUT2D eigenvalue weighted by molar-refractivity contribution is 5.70. The molecule has 1 aliphatic rings. The van der Waals surface area contributed by atoms with Crippen molar-refractivity contribution in [2.45, 2.75) is 198 Å². The maximum atomic E-state index is 12.7. The largest absolute Gasteiger partial charge is 0.462 e. The number of ether oxygens (including phenoxy) is 4. The van der Waals surface area contributed by atoms with Crippen LogP contribution in [0.15, 0.2) is 72.9 Å². The van der Waals surface area contributed by atoms with E-state index < -0.39 is 55.4 Å². The van der Waals surface area contributed by atoms with Crippen LogP contribution in [0.2, 0.25) is 0 Å². The molecule has 0 saturated carbocycles. The van der Waals surface area contributed by atoms with Gasteiger partial charge in [-0.1, -0.05) is 145 Å². The van der Waals surface area contributed by atoms with Crippen LogP contribution >= 0.6 is 0 Å². The predicted octanol–water partition coefficient (Wildman–Crippen LogP) is 9.61. The summed E-state index contributed by atoms with van der Waals surface area (Å²) in [4.78, 5) is 25.3. The zero-order valence-electron chi connectivity index (χ0n) is 36.0. The SMILES string of the molecule is CCCCC/C=C/C/C=C/C/C=C/C/C=C/C/C=C/CCC(=O)OC[C@@H](CO[C@H]1O[C@@H](CO)[C@@H](O)C(O)C1O)OC(=O)CCCCCCC/C=C/CCCCCCC. The van der Waals surface area contributed by atoms with Gasteiger partial charge in [-0.25, -0.2) is 0 Å². The zero-order chi connectivity index (χ0) is 42.3. The van der Waals surface area contributed by atoms with Gasteiger partial charge in [0.25, 0.3) is 0 Å². The molecule has 332 valence electrons. The maximum Gasteiger partial charge on any atom is 0.306 e. The van der Waals surface area contributed by atoms with Crippen LogP contribution in [0.25, 0.3) is 0 Å². The fraction of sp³-hybridized carbons (Fsp3) is 0.708. The van der Waals surface area contributed by atoms with Gasteiger partial charge in [0.1, 0.15) is 31.0 Å². The van der Waals surface area contributed by atoms with Crippen molar-refractivity contribution in [2.24, 2.45) is 0 Å². The minimum absolute atomic E-state index is 0.147. The standard InChI is InChI=1S/C48H80O10/c1-3-5-7-9-11-13-15-17-19-20-21-22-23-25-26-28-30-32-34-36-43(50)55-39-41(40-56-48-47(54)46(53)45(52)42(38-49)58-48)57-44(51)37-35-33-31-29-27-24-18-16-14-12-10-8-6-4-2/h11,13,16-19,21-22,25-26,30,32,41-42,45-49,52-54H,3-10,12,14-15,20,23-24,27-29,31,33-40H2,1-2H3/b13-11+,18-16+,19-17+,22-21+,26-25+,32-30+/t41-,42-,45+,46?,47?,48-/m0/s1. The van der Waals surface area contributed by atoms with Crippen molar-refractivity contribution >= 4 is 11.9 Å². The van der Waals surface area contributed by atoms with Crippen molar-refractivity contribution in [3.05, 3.63) is 72.9 Å². The molecule has 4 N–H and O–H groups in total. The lowest BCUT2D eigenvalue weighted by atomic mass is 9.99. The number of esters is 2. The van der Waals surface area contributed by atoms with Gasteiger partial charge in [0.2, 0.25) is 0 Å². The molecule has 2 unspecified atom stereocenters. The molecular weight excluding hydrogens is 737 g/mol. The molecule has 0 bridgehead atoms. The van der Waals surface area contributed by atoms with E-state index in [-0.39, 0.29) is 26.1 Å². The molecule has 10 nitrogen and oxygen atoms in total. The summed E-state index contributed by atoms with van der Waals surface area (Å²) in [5, 5.41) is 40.0. The molecule has 0 spiro atoms. The molecule has 1 rings (SSSR count). The Morgan fingerprint density at radius 2 is 1.00 bits per heavy atom. The molecule has 0 radical (unpaired) electrons. The highest BCUT2D eigenvalue weighted by atomic mass is 16.7. The first-order valence-electron chi connectivity index (χ1n) is 22.5. The molecule has 10 heteroatoms. The number of hydrogen-bond acceptors (Lipinski definition) is 10. The van der Waals surface area contributed by atoms with Crippen LogP contribution < -0.4 is 0 Å². The zero-order valence-corrected chi connectivity index (χ0v) is 36.0. The minimum Gasteiger partial charge on any atom is -0.462 e. The Bertz CT molecular complexity index is 1170. The van der Waals surface area contributed by atoms with Crippen molar-refractivity contribution in [1.82, 2.24) is 0 Å². The van der Waals surface area contributed by atoms with Gasteiger partial charge in [0, 0.05) is 12.8 Å². The van der Waals surface area contributed by atoms with Crippen LogP contribution in [-0.4, -0.2) is 89.0 Å². The third-order valence-electron chi connectivity index (χ3n) is 9.83. The summed E-state index contributed by atoms with van der Waals surface area (Å²) in [6, 6.07) is 0. The smallest absolute Gasteiger partial charge is 0.306 e. The Kier molecular flexibility index (Phi) is 35.1. The number of aliphatic hydroxyl groups is 4. The molecule has 58 heavy (non-hydrogen) atoms. The molecule has 0 aromatic heterocycles. The topological polar surface area (TPSA) is 152 Å². The summed E-state index contributed by atoms with van der Waals surface area (Å²) in [6.07, 6.45) is 40.6. The molecule has 6 atom stereocenters. The summed E-state index contributed by atoms with van der Waals surface area (Å²) in [5.74, 6) is -0.918. The fourth-order valence-corrected chi connectivity index (χ4v) is 6.22. The normalized spacial score (nSPS) is 20.8. The first-order valence-corrected chi connectivity index (χ1v) is 22.5. The van der Waals surface area contributed by atoms with Crippen molar-refractivity contribution in [3.8, 4) is 0 Å². The first kappa shape index (κ1) is 53.2. The molecule has 0 aromatic rings. The number of unbranched alkanes of at least 4 members (excludes halogenated alkanes) is 13. The van der Waals surface area contributed by atoms with Crippen LogP contribution in [0, 0.1) is 0 Å². The number of rotatable bonds is 36. The second-order valence-corrected chi connectivity index (χ2v) is 15.1. The molecule has 1 saturated heterocycles. The molecule has 0 amide bonds. The summed E-state index contributed by atoms with van der Waals surface area (Å²) < 4.78 is 22.1. The lowest BCUT2D eigenvalue weighted by Crippen LogP contribution is -2.59. The van der Waals surface area contributed by atoms with E-state index in [2.05, 4.69) is 74.6 Å². The van der Waals surface area contributed by atoms with Gasteiger partial charge in [-0.2, -0.15) is 0 Å². The quantitative estimate of drug-likeness (QED) is 0.0273. The Morgan fingerprint density at radius 1 is 0.534 bits per heavy atom. The Morgan fingerprint density at radius 3 is 1.57 bits per heavy atom. The van der Waals surface area contributed by atoms with Gasteiger partial charge in [-0.3, -0.25) is 9.59 Å². The Balaban J connectivity index is 2.40. The van der Waals surface area contributed by atoms with E-state index in [1.54, 1.807) is 0 Å². The third kappa shape index (κ3) is 29.4. The van der Waals surface area contributed by atoms with Crippen molar-refractivity contribution < 1.29 is 49.0 Å². The van der Waals surface area contributed by atoms with Crippen LogP contribution in [0.5, 0.6) is 0 Å². The van der Waals surface area contributed by atoms with Gasteiger partial charge in [0.15, 0.2) is 12.4 Å². The average Bonchev–Trinajstić information content (AvgIpc) is 3.22. The number of hydrogen-bond donors (Lipinski definition) is 4. The summed E-state index contributed by atoms with van der Waals surface area (Å²) in [5.41, 5.74) is 0. The van der Waals surface area contributed by atoms with Gasteiger partial charge in [-0.05, 0) is 77.0 Å². The summed E-state index contributed by atoms with van der Waals surface area (Å²) in [7, 11) is 0. The second-order valence-electron chi connectivity index (χ2n) is 15.1. The molecule has 0 aliphatic carbocycles. The Labute approximate surface area is 351 Å². The van der Waals surface area contributed by atoms with Crippen LogP contribution in [0.3, 0.4) is 0 Å². The van der Waals surface area contributed by atoms with E-state index in [9.17, 15) is 30.0 Å². The van der Waals surface area contributed by atoms with E-state index in [1.165, 1.54) is 57.8 Å². The van der Waals surface area contributed by atoms with Gasteiger partial charge in [-0.15, -0.1) is 0 Å². The van der Waals surface area contributed by atoms with Crippen LogP contribution in [-0.2, 0) is 28.5 Å². The van der Waals surface area contributed by atoms with Gasteiger partial charge in [0.05, 0.1) is 13.2 Å². The van der Waals surface area contributed by atoms with Crippen molar-refractivity contribution in [1.29, 1.82) is 0 Å². The lowest BCUT2D eigenvalue weighted by Gasteiger charge is -2.39. The van der Waals surface area contributed by atoms with E-state index in [4.69, 9.17) is 18.9 Å². The van der Waals surface area contributed by atoms with Gasteiger partial charge >= 0.3 is 11.9 Å². The fourth-order valence-electron chi connectivity index (χ4n) is 6.22. The Hall–Kier alpha value is -2.86. The highest BCUT2D eigenvalue weighted by Crippen LogP contribution is 2.22. The molecule has 1 heterocycles. The number of aliphatic hydroxyl groups excluding tert-OH is 4. The van der Waals surface area contributed by atoms with Crippen LogP contribution in [0.4, 0.5) is 0 Å². The number of carbonyl (C=O) groups is 2. The maximum absolute atomic E-state index is 12.7. The van der Waals surface area contributed by atoms with E-state index in [0.29, 0.717) is 12.8 Å². The molecule has 0 aromatic carbocycles. The molecule has 1 aliphatic heterocycles. The highest BCUT2D eigenvalue weighted by Gasteiger charge is 2.44. The van der Waals surface area contributed by atoms with Crippen LogP contribution in [0.1, 0.15) is 162 Å². The number of allylic oxidation sites excluding steroid dienone is 12. The first-order chi connectivity index (χ1) is 28.3. The average molecular weight is 817 g/mol. The van der Waals surface area contributed by atoms with Crippen molar-refractivity contribution in [3.63, 3.8) is 0 Å². The van der Waals surface area contributed by atoms with Crippen molar-refractivity contribution in [2.75, 3.05) is 19.8 Å². The monoisotopic (exact) mass is 817 g/mol. The second kappa shape index (κ2) is 38.3. The summed E-state index contributed by atoms with van der Waals surface area (Å²) in [6.45, 7) is 3.29. The van der Waals surface area contributed by atoms with E-state index >= 15 is 0 Å². The molecular formula is C48H80O10. The number of carbonyl (C=O) groups excluding carboxylic acids is 2. The summed E-state index contributed by atoms with van der Waals surface area (Å²) >= 11 is 0. The van der Waals surface area contributed by atoms with Gasteiger partial charge < -0.3 is 39.4 Å². The van der Waals surface area contributed by atoms with E-state index in [1.807, 2.05) is 12.2 Å². The van der Waals surface area contributed by atoms with E-state index in [0.717, 1.165) is 64.2 Å². The lowest BCUT2D eigenvalue weighted by molar-refractivity contribution is -0.305. The minimum atomic E-state index is -1.61. The third-order valence-corrected chi connectivity index (χ3v) is 9.83. The predicted molar refractivity (Wildman–Crippen MR) is 233 cm³/mol. The molecule has 1 fully saturated rings.